The van der Waals surface area contributed by atoms with Crippen molar-refractivity contribution in [3.63, 3.8) is 0 Å². The number of nitrogens with zero attached hydrogens (tertiary/aromatic N) is 1. The van der Waals surface area contributed by atoms with Crippen LogP contribution in [0.5, 0.6) is 5.75 Å². The van der Waals surface area contributed by atoms with Gasteiger partial charge in [0.2, 0.25) is 0 Å². The molecule has 0 aromatic heterocycles. The number of carbonyl (C=O) groups is 1. The summed E-state index contributed by atoms with van der Waals surface area (Å²) in [5.74, 6) is 0.304. The molecule has 16 heavy (non-hydrogen) atoms. The first-order chi connectivity index (χ1) is 7.58. The van der Waals surface area contributed by atoms with Crippen LogP contribution in [0.2, 0.25) is 0 Å². The topological polar surface area (TPSA) is 38.7 Å². The zero-order chi connectivity index (χ0) is 12.0. The van der Waals surface area contributed by atoms with Gasteiger partial charge in [-0.1, -0.05) is 18.2 Å². The van der Waals surface area contributed by atoms with Crippen molar-refractivity contribution in [1.29, 1.82) is 0 Å². The minimum absolute atomic E-state index is 0.213. The van der Waals surface area contributed by atoms with Gasteiger partial charge in [-0.05, 0) is 32.9 Å². The molecule has 0 unspecified atom stereocenters. The molecule has 0 fully saturated rings. The molecule has 0 atom stereocenters. The maximum absolute atomic E-state index is 11.5. The molecule has 0 aliphatic rings. The standard InChI is InChI=1S/C13H17NO2/c1-10(2)14-11(3)9-13(15)16-12-7-5-4-6-8-12/h4-8,10H,9H2,1-3H3. The molecule has 0 heterocycles. The van der Waals surface area contributed by atoms with Gasteiger partial charge in [0.1, 0.15) is 5.75 Å². The molecule has 1 aromatic rings. The summed E-state index contributed by atoms with van der Waals surface area (Å²) in [7, 11) is 0. The third-order valence-electron chi connectivity index (χ3n) is 1.85. The SMILES string of the molecule is CC(CC(=O)Oc1ccccc1)=NC(C)C. The van der Waals surface area contributed by atoms with Crippen LogP contribution in [0, 0.1) is 0 Å². The van der Waals surface area contributed by atoms with E-state index in [4.69, 9.17) is 4.74 Å². The molecular weight excluding hydrogens is 202 g/mol. The minimum atomic E-state index is -0.270. The van der Waals surface area contributed by atoms with Gasteiger partial charge in [0, 0.05) is 11.8 Å². The van der Waals surface area contributed by atoms with E-state index in [1.807, 2.05) is 39.0 Å². The normalized spacial score (nSPS) is 11.6. The van der Waals surface area contributed by atoms with E-state index in [9.17, 15) is 4.79 Å². The lowest BCUT2D eigenvalue weighted by Crippen LogP contribution is -2.13. The lowest BCUT2D eigenvalue weighted by Gasteiger charge is -2.04. The summed E-state index contributed by atoms with van der Waals surface area (Å²) in [5, 5.41) is 0. The second kappa shape index (κ2) is 6.05. The van der Waals surface area contributed by atoms with Crippen LogP contribution < -0.4 is 4.74 Å². The molecule has 3 heteroatoms. The van der Waals surface area contributed by atoms with Gasteiger partial charge in [-0.15, -0.1) is 0 Å². The van der Waals surface area contributed by atoms with Crippen LogP contribution in [0.15, 0.2) is 35.3 Å². The van der Waals surface area contributed by atoms with E-state index < -0.39 is 0 Å². The van der Waals surface area contributed by atoms with E-state index in [1.54, 1.807) is 12.1 Å². The van der Waals surface area contributed by atoms with Crippen molar-refractivity contribution in [3.05, 3.63) is 30.3 Å². The summed E-state index contributed by atoms with van der Waals surface area (Å²) < 4.78 is 5.15. The summed E-state index contributed by atoms with van der Waals surface area (Å²) in [5.41, 5.74) is 0.802. The molecule has 0 radical (unpaired) electrons. The van der Waals surface area contributed by atoms with Gasteiger partial charge in [0.25, 0.3) is 0 Å². The molecule has 0 amide bonds. The van der Waals surface area contributed by atoms with Gasteiger partial charge >= 0.3 is 5.97 Å². The van der Waals surface area contributed by atoms with Crippen molar-refractivity contribution >= 4 is 11.7 Å². The number of ether oxygens (including phenoxy) is 1. The molecule has 3 nitrogen and oxygen atoms in total. The minimum Gasteiger partial charge on any atom is -0.426 e. The largest absolute Gasteiger partial charge is 0.426 e. The van der Waals surface area contributed by atoms with Crippen LogP contribution in [0.4, 0.5) is 0 Å². The molecule has 0 N–H and O–H groups in total. The van der Waals surface area contributed by atoms with Crippen molar-refractivity contribution in [3.8, 4) is 5.75 Å². The van der Waals surface area contributed by atoms with Crippen LogP contribution in [0.25, 0.3) is 0 Å². The number of benzene rings is 1. The average molecular weight is 219 g/mol. The molecule has 0 saturated heterocycles. The molecule has 0 aliphatic heterocycles. The third kappa shape index (κ3) is 4.73. The van der Waals surface area contributed by atoms with Crippen LogP contribution in [0.3, 0.4) is 0 Å². The Hall–Kier alpha value is -1.64. The fourth-order valence-electron chi connectivity index (χ4n) is 1.35. The van der Waals surface area contributed by atoms with Crippen molar-refractivity contribution in [2.24, 2.45) is 4.99 Å². The number of esters is 1. The summed E-state index contributed by atoms with van der Waals surface area (Å²) in [4.78, 5) is 15.8. The highest BCUT2D eigenvalue weighted by atomic mass is 16.5. The summed E-state index contributed by atoms with van der Waals surface area (Å²) in [6, 6.07) is 9.27. The first kappa shape index (κ1) is 12.4. The van der Waals surface area contributed by atoms with Crippen LogP contribution in [-0.2, 0) is 4.79 Å². The molecule has 0 spiro atoms. The molecule has 1 aromatic carbocycles. The van der Waals surface area contributed by atoms with Crippen LogP contribution in [0.1, 0.15) is 27.2 Å². The van der Waals surface area contributed by atoms with Crippen molar-refractivity contribution in [2.45, 2.75) is 33.2 Å². The highest BCUT2D eigenvalue weighted by Gasteiger charge is 2.06. The van der Waals surface area contributed by atoms with E-state index in [0.717, 1.165) is 5.71 Å². The van der Waals surface area contributed by atoms with Crippen molar-refractivity contribution in [2.75, 3.05) is 0 Å². The number of carbonyl (C=O) groups excluding carboxylic acids is 1. The Labute approximate surface area is 96.2 Å². The second-order valence-corrected chi connectivity index (χ2v) is 3.92. The number of para-hydroxylation sites is 1. The maximum Gasteiger partial charge on any atom is 0.316 e. The van der Waals surface area contributed by atoms with Gasteiger partial charge in [-0.3, -0.25) is 9.79 Å². The Morgan fingerprint density at radius 3 is 2.50 bits per heavy atom. The molecule has 86 valence electrons. The Bertz CT molecular complexity index is 369. The Balaban J connectivity index is 2.49. The fraction of sp³-hybridized carbons (Fsp3) is 0.385. The first-order valence-electron chi connectivity index (χ1n) is 5.37. The third-order valence-corrected chi connectivity index (χ3v) is 1.85. The van der Waals surface area contributed by atoms with Crippen LogP contribution >= 0.6 is 0 Å². The van der Waals surface area contributed by atoms with E-state index in [2.05, 4.69) is 4.99 Å². The molecule has 0 bridgehead atoms. The lowest BCUT2D eigenvalue weighted by molar-refractivity contribution is -0.133. The zero-order valence-corrected chi connectivity index (χ0v) is 9.93. The molecule has 1 rings (SSSR count). The highest BCUT2D eigenvalue weighted by molar-refractivity contribution is 5.98. The predicted molar refractivity (Wildman–Crippen MR) is 64.9 cm³/mol. The van der Waals surface area contributed by atoms with Crippen molar-refractivity contribution < 1.29 is 9.53 Å². The highest BCUT2D eigenvalue weighted by Crippen LogP contribution is 2.09. The lowest BCUT2D eigenvalue weighted by atomic mass is 10.3. The van der Waals surface area contributed by atoms with Crippen LogP contribution in [-0.4, -0.2) is 17.7 Å². The first-order valence-corrected chi connectivity index (χ1v) is 5.37. The Kier molecular flexibility index (Phi) is 4.70. The molecule has 0 aliphatic carbocycles. The Morgan fingerprint density at radius 1 is 1.31 bits per heavy atom. The van der Waals surface area contributed by atoms with E-state index in [1.165, 1.54) is 0 Å². The number of aliphatic imine (C=N–C) groups is 1. The number of hydrogen-bond acceptors (Lipinski definition) is 3. The smallest absolute Gasteiger partial charge is 0.316 e. The number of hydrogen-bond donors (Lipinski definition) is 0. The Morgan fingerprint density at radius 2 is 1.94 bits per heavy atom. The molecule has 0 saturated carbocycles. The van der Waals surface area contributed by atoms with E-state index >= 15 is 0 Å². The van der Waals surface area contributed by atoms with Gasteiger partial charge in [-0.25, -0.2) is 0 Å². The van der Waals surface area contributed by atoms with Gasteiger partial charge in [0.15, 0.2) is 0 Å². The summed E-state index contributed by atoms with van der Waals surface area (Å²) in [6.07, 6.45) is 0.243. The molecular formula is C13H17NO2. The van der Waals surface area contributed by atoms with E-state index in [-0.39, 0.29) is 18.4 Å². The quantitative estimate of drug-likeness (QED) is 0.443. The maximum atomic E-state index is 11.5. The monoisotopic (exact) mass is 219 g/mol. The van der Waals surface area contributed by atoms with Gasteiger partial charge in [0.05, 0.1) is 6.42 Å². The number of rotatable bonds is 4. The van der Waals surface area contributed by atoms with Crippen molar-refractivity contribution in [1.82, 2.24) is 0 Å². The zero-order valence-electron chi connectivity index (χ0n) is 9.93. The fourth-order valence-corrected chi connectivity index (χ4v) is 1.35. The van der Waals surface area contributed by atoms with Gasteiger partial charge < -0.3 is 4.74 Å². The van der Waals surface area contributed by atoms with E-state index in [0.29, 0.717) is 5.75 Å². The second-order valence-electron chi connectivity index (χ2n) is 3.92. The average Bonchev–Trinajstić information content (AvgIpc) is 2.17. The summed E-state index contributed by atoms with van der Waals surface area (Å²) in [6.45, 7) is 5.80. The van der Waals surface area contributed by atoms with Gasteiger partial charge in [-0.2, -0.15) is 0 Å². The predicted octanol–water partition coefficient (Wildman–Crippen LogP) is 2.85. The summed E-state index contributed by atoms with van der Waals surface area (Å²) >= 11 is 0.